The zero-order valence-corrected chi connectivity index (χ0v) is 16.4. The summed E-state index contributed by atoms with van der Waals surface area (Å²) in [7, 11) is 0. The molecule has 2 saturated heterocycles. The second kappa shape index (κ2) is 7.56. The molecule has 3 aromatic heterocycles. The van der Waals surface area contributed by atoms with E-state index in [0.29, 0.717) is 5.92 Å². The van der Waals surface area contributed by atoms with Crippen molar-refractivity contribution >= 4 is 11.3 Å². The number of likely N-dealkylation sites (tertiary alicyclic amines) is 1. The van der Waals surface area contributed by atoms with Gasteiger partial charge in [0.15, 0.2) is 11.5 Å². The number of ether oxygens (including phenoxy) is 1. The molecule has 0 radical (unpaired) electrons. The number of furan rings is 1. The summed E-state index contributed by atoms with van der Waals surface area (Å²) in [6, 6.07) is 8.34. The molecular formula is C21H27N5O2. The van der Waals surface area contributed by atoms with Gasteiger partial charge in [0.2, 0.25) is 0 Å². The minimum atomic E-state index is 0.432. The second-order valence-electron chi connectivity index (χ2n) is 7.82. The number of aromatic nitrogens is 3. The molecule has 0 aliphatic carbocycles. The van der Waals surface area contributed by atoms with Crippen LogP contribution in [0, 0.1) is 6.92 Å². The molecule has 0 atom stereocenters. The Labute approximate surface area is 164 Å². The molecule has 0 bridgehead atoms. The Kier molecular flexibility index (Phi) is 4.78. The van der Waals surface area contributed by atoms with Gasteiger partial charge in [-0.15, -0.1) is 0 Å². The molecule has 0 spiro atoms. The molecule has 5 rings (SSSR count). The number of hydrogen-bond donors (Lipinski definition) is 0. The van der Waals surface area contributed by atoms with Crippen molar-refractivity contribution in [2.45, 2.75) is 32.2 Å². The van der Waals surface area contributed by atoms with Crippen molar-refractivity contribution in [2.24, 2.45) is 0 Å². The van der Waals surface area contributed by atoms with E-state index in [1.807, 2.05) is 17.5 Å². The van der Waals surface area contributed by atoms with Gasteiger partial charge in [0.25, 0.3) is 0 Å². The third-order valence-corrected chi connectivity index (χ3v) is 5.84. The molecule has 0 saturated carbocycles. The van der Waals surface area contributed by atoms with Crippen molar-refractivity contribution in [1.82, 2.24) is 19.5 Å². The van der Waals surface area contributed by atoms with E-state index in [9.17, 15) is 0 Å². The Morgan fingerprint density at radius 3 is 2.61 bits per heavy atom. The summed E-state index contributed by atoms with van der Waals surface area (Å²) >= 11 is 0. The number of piperidine rings is 1. The first-order valence-electron chi connectivity index (χ1n) is 10.2. The van der Waals surface area contributed by atoms with Crippen molar-refractivity contribution in [3.63, 3.8) is 0 Å². The molecule has 7 heteroatoms. The number of morpholine rings is 1. The van der Waals surface area contributed by atoms with E-state index in [1.54, 1.807) is 0 Å². The highest BCUT2D eigenvalue weighted by Crippen LogP contribution is 2.27. The van der Waals surface area contributed by atoms with Crippen molar-refractivity contribution in [1.29, 1.82) is 0 Å². The van der Waals surface area contributed by atoms with E-state index >= 15 is 0 Å². The monoisotopic (exact) mass is 381 g/mol. The van der Waals surface area contributed by atoms with Gasteiger partial charge in [-0.2, -0.15) is 5.10 Å². The summed E-state index contributed by atoms with van der Waals surface area (Å²) in [6.45, 7) is 8.43. The van der Waals surface area contributed by atoms with Crippen LogP contribution in [0.3, 0.4) is 0 Å². The van der Waals surface area contributed by atoms with Gasteiger partial charge >= 0.3 is 0 Å². The molecule has 0 unspecified atom stereocenters. The largest absolute Gasteiger partial charge is 0.465 e. The van der Waals surface area contributed by atoms with Crippen LogP contribution >= 0.6 is 0 Å². The van der Waals surface area contributed by atoms with Gasteiger partial charge in [0, 0.05) is 19.0 Å². The minimum absolute atomic E-state index is 0.432. The Bertz CT molecular complexity index is 935. The van der Waals surface area contributed by atoms with Gasteiger partial charge < -0.3 is 14.1 Å². The number of aryl methyl sites for hydroxylation is 1. The van der Waals surface area contributed by atoms with E-state index < -0.39 is 0 Å². The molecule has 5 heterocycles. The summed E-state index contributed by atoms with van der Waals surface area (Å²) in [5.74, 6) is 3.45. The first-order valence-corrected chi connectivity index (χ1v) is 10.2. The number of fused-ring (bicyclic) bond motifs is 1. The standard InChI is InChI=1S/C21H27N5O2/c1-16-2-4-19(28-16)15-24-8-6-17(7-9-24)21-22-20-5-3-18(14-26(20)23-21)25-10-12-27-13-11-25/h2-5,14,17H,6-13,15H2,1H3. The smallest absolute Gasteiger partial charge is 0.155 e. The van der Waals surface area contributed by atoms with Crippen molar-refractivity contribution in [3.8, 4) is 0 Å². The molecule has 3 aromatic rings. The van der Waals surface area contributed by atoms with Crippen LogP contribution in [0.5, 0.6) is 0 Å². The predicted molar refractivity (Wildman–Crippen MR) is 107 cm³/mol. The molecular weight excluding hydrogens is 354 g/mol. The van der Waals surface area contributed by atoms with Crippen LogP contribution < -0.4 is 4.90 Å². The molecule has 148 valence electrons. The van der Waals surface area contributed by atoms with Gasteiger partial charge in [-0.3, -0.25) is 4.90 Å². The average Bonchev–Trinajstić information content (AvgIpc) is 3.34. The molecule has 28 heavy (non-hydrogen) atoms. The normalized spacial score (nSPS) is 19.5. The molecule has 0 amide bonds. The summed E-state index contributed by atoms with van der Waals surface area (Å²) in [5.41, 5.74) is 2.12. The van der Waals surface area contributed by atoms with Crippen LogP contribution in [-0.2, 0) is 11.3 Å². The highest BCUT2D eigenvalue weighted by molar-refractivity contribution is 5.51. The summed E-state index contributed by atoms with van der Waals surface area (Å²) < 4.78 is 13.1. The number of rotatable bonds is 4. The van der Waals surface area contributed by atoms with Crippen molar-refractivity contribution in [2.75, 3.05) is 44.3 Å². The van der Waals surface area contributed by atoms with Crippen LogP contribution in [0.2, 0.25) is 0 Å². The third-order valence-electron chi connectivity index (χ3n) is 5.84. The fourth-order valence-corrected chi connectivity index (χ4v) is 4.21. The van der Waals surface area contributed by atoms with Gasteiger partial charge in [-0.25, -0.2) is 9.50 Å². The topological polar surface area (TPSA) is 59.0 Å². The molecule has 2 aliphatic rings. The van der Waals surface area contributed by atoms with Crippen LogP contribution in [-0.4, -0.2) is 58.9 Å². The lowest BCUT2D eigenvalue weighted by Gasteiger charge is -2.29. The van der Waals surface area contributed by atoms with E-state index in [1.165, 1.54) is 5.69 Å². The average molecular weight is 381 g/mol. The number of anilines is 1. The SMILES string of the molecule is Cc1ccc(CN2CCC(c3nc4ccc(N5CCOCC5)cn4n3)CC2)o1. The van der Waals surface area contributed by atoms with E-state index in [0.717, 1.165) is 81.8 Å². The maximum atomic E-state index is 5.72. The van der Waals surface area contributed by atoms with Gasteiger partial charge in [0.05, 0.1) is 31.6 Å². The Balaban J connectivity index is 1.25. The Morgan fingerprint density at radius 1 is 1.04 bits per heavy atom. The van der Waals surface area contributed by atoms with E-state index in [-0.39, 0.29) is 0 Å². The molecule has 0 aromatic carbocycles. The van der Waals surface area contributed by atoms with Gasteiger partial charge in [-0.05, 0) is 57.1 Å². The van der Waals surface area contributed by atoms with E-state index in [4.69, 9.17) is 19.2 Å². The predicted octanol–water partition coefficient (Wildman–Crippen LogP) is 2.85. The van der Waals surface area contributed by atoms with Crippen LogP contribution in [0.15, 0.2) is 34.9 Å². The van der Waals surface area contributed by atoms with Gasteiger partial charge in [-0.1, -0.05) is 0 Å². The lowest BCUT2D eigenvalue weighted by molar-refractivity contribution is 0.122. The first-order chi connectivity index (χ1) is 13.7. The Hall–Kier alpha value is -2.38. The second-order valence-corrected chi connectivity index (χ2v) is 7.82. The van der Waals surface area contributed by atoms with Gasteiger partial charge in [0.1, 0.15) is 11.5 Å². The zero-order chi connectivity index (χ0) is 18.9. The summed E-state index contributed by atoms with van der Waals surface area (Å²) in [6.07, 6.45) is 4.28. The van der Waals surface area contributed by atoms with Crippen LogP contribution in [0.1, 0.15) is 36.1 Å². The third kappa shape index (κ3) is 3.64. The highest BCUT2D eigenvalue weighted by atomic mass is 16.5. The highest BCUT2D eigenvalue weighted by Gasteiger charge is 2.24. The summed E-state index contributed by atoms with van der Waals surface area (Å²) in [5, 5.41) is 4.81. The fraction of sp³-hybridized carbons (Fsp3) is 0.524. The number of pyridine rings is 1. The molecule has 0 N–H and O–H groups in total. The van der Waals surface area contributed by atoms with Crippen LogP contribution in [0.25, 0.3) is 5.65 Å². The fourth-order valence-electron chi connectivity index (χ4n) is 4.21. The number of hydrogen-bond acceptors (Lipinski definition) is 6. The molecule has 7 nitrogen and oxygen atoms in total. The molecule has 2 fully saturated rings. The Morgan fingerprint density at radius 2 is 1.86 bits per heavy atom. The maximum Gasteiger partial charge on any atom is 0.155 e. The maximum absolute atomic E-state index is 5.72. The number of nitrogens with zero attached hydrogens (tertiary/aromatic N) is 5. The van der Waals surface area contributed by atoms with Crippen molar-refractivity contribution < 1.29 is 9.15 Å². The van der Waals surface area contributed by atoms with Crippen LogP contribution in [0.4, 0.5) is 5.69 Å². The quantitative estimate of drug-likeness (QED) is 0.693. The summed E-state index contributed by atoms with van der Waals surface area (Å²) in [4.78, 5) is 9.61. The van der Waals surface area contributed by atoms with E-state index in [2.05, 4.69) is 34.2 Å². The zero-order valence-electron chi connectivity index (χ0n) is 16.4. The van der Waals surface area contributed by atoms with Crippen molar-refractivity contribution in [3.05, 3.63) is 47.8 Å². The lowest BCUT2D eigenvalue weighted by atomic mass is 9.96. The minimum Gasteiger partial charge on any atom is -0.465 e. The first kappa shape index (κ1) is 17.7. The lowest BCUT2D eigenvalue weighted by Crippen LogP contribution is -2.36. The molecule has 2 aliphatic heterocycles.